The number of nitrogens with zero attached hydrogens (tertiary/aromatic N) is 3. The molecule has 0 radical (unpaired) electrons. The summed E-state index contributed by atoms with van der Waals surface area (Å²) in [6, 6.07) is 12.3. The SMILES string of the molecule is C=CCN(Cc1ccccc1Cl)C(=O)c1nn(CC)c2ccc(Cl)cc2c1=O. The molecule has 0 bridgehead atoms. The van der Waals surface area contributed by atoms with Crippen molar-refractivity contribution in [1.82, 2.24) is 14.7 Å². The number of amides is 1. The number of fused-ring (bicyclic) bond motifs is 1. The van der Waals surface area contributed by atoms with Gasteiger partial charge in [-0.15, -0.1) is 6.58 Å². The molecule has 0 spiro atoms. The van der Waals surface area contributed by atoms with Crippen LogP contribution in [0.25, 0.3) is 10.9 Å². The lowest BCUT2D eigenvalue weighted by atomic mass is 10.1. The van der Waals surface area contributed by atoms with E-state index in [0.717, 1.165) is 5.56 Å². The fourth-order valence-corrected chi connectivity index (χ4v) is 3.37. The molecule has 2 aromatic carbocycles. The van der Waals surface area contributed by atoms with E-state index in [9.17, 15) is 9.59 Å². The van der Waals surface area contributed by atoms with E-state index in [2.05, 4.69) is 11.7 Å². The second-order valence-corrected chi connectivity index (χ2v) is 7.06. The zero-order chi connectivity index (χ0) is 20.3. The van der Waals surface area contributed by atoms with Gasteiger partial charge in [-0.05, 0) is 36.8 Å². The van der Waals surface area contributed by atoms with E-state index in [4.69, 9.17) is 23.2 Å². The Kier molecular flexibility index (Phi) is 6.17. The first-order valence-electron chi connectivity index (χ1n) is 8.80. The maximum atomic E-state index is 13.2. The standard InChI is InChI=1S/C21H19Cl2N3O2/c1-3-11-25(13-14-7-5-6-8-17(14)23)21(28)19-20(27)16-12-15(22)9-10-18(16)26(4-2)24-19/h3,5-10,12H,1,4,11,13H2,2H3. The molecule has 7 heteroatoms. The fourth-order valence-electron chi connectivity index (χ4n) is 3.00. The van der Waals surface area contributed by atoms with Gasteiger partial charge < -0.3 is 4.90 Å². The van der Waals surface area contributed by atoms with Gasteiger partial charge in [-0.3, -0.25) is 14.3 Å². The first-order chi connectivity index (χ1) is 13.5. The van der Waals surface area contributed by atoms with Gasteiger partial charge in [0.25, 0.3) is 5.91 Å². The number of aromatic nitrogens is 2. The van der Waals surface area contributed by atoms with Crippen molar-refractivity contribution in [3.05, 3.63) is 86.6 Å². The van der Waals surface area contributed by atoms with Gasteiger partial charge in [0.05, 0.1) is 10.9 Å². The Morgan fingerprint density at radius 2 is 2.00 bits per heavy atom. The molecule has 0 N–H and O–H groups in total. The van der Waals surface area contributed by atoms with Crippen molar-refractivity contribution in [2.24, 2.45) is 0 Å². The lowest BCUT2D eigenvalue weighted by Gasteiger charge is -2.22. The summed E-state index contributed by atoms with van der Waals surface area (Å²) in [7, 11) is 0. The number of hydrogen-bond donors (Lipinski definition) is 0. The van der Waals surface area contributed by atoms with Crippen molar-refractivity contribution in [3.8, 4) is 0 Å². The molecule has 3 aromatic rings. The second kappa shape index (κ2) is 8.59. The summed E-state index contributed by atoms with van der Waals surface area (Å²) in [6.45, 7) is 6.61. The third kappa shape index (κ3) is 3.96. The largest absolute Gasteiger partial charge is 0.329 e. The Morgan fingerprint density at radius 3 is 2.68 bits per heavy atom. The maximum absolute atomic E-state index is 13.2. The van der Waals surface area contributed by atoms with Crippen LogP contribution in [0.2, 0.25) is 10.0 Å². The summed E-state index contributed by atoms with van der Waals surface area (Å²) >= 11 is 12.3. The average molecular weight is 416 g/mol. The summed E-state index contributed by atoms with van der Waals surface area (Å²) in [5.74, 6) is -0.478. The monoisotopic (exact) mass is 415 g/mol. The van der Waals surface area contributed by atoms with Gasteiger partial charge in [-0.2, -0.15) is 5.10 Å². The molecule has 144 valence electrons. The van der Waals surface area contributed by atoms with Crippen LogP contribution in [-0.2, 0) is 13.1 Å². The topological polar surface area (TPSA) is 55.2 Å². The van der Waals surface area contributed by atoms with Gasteiger partial charge in [0.2, 0.25) is 5.43 Å². The maximum Gasteiger partial charge on any atom is 0.278 e. The van der Waals surface area contributed by atoms with Gasteiger partial charge in [0.15, 0.2) is 5.69 Å². The summed E-state index contributed by atoms with van der Waals surface area (Å²) < 4.78 is 1.63. The minimum Gasteiger partial charge on any atom is -0.329 e. The highest BCUT2D eigenvalue weighted by Crippen LogP contribution is 2.19. The number of benzene rings is 2. The Labute approximate surface area is 172 Å². The van der Waals surface area contributed by atoms with Crippen molar-refractivity contribution < 1.29 is 4.79 Å². The number of carbonyl (C=O) groups excluding carboxylic acids is 1. The third-order valence-electron chi connectivity index (χ3n) is 4.37. The molecule has 0 unspecified atom stereocenters. The first-order valence-corrected chi connectivity index (χ1v) is 9.55. The van der Waals surface area contributed by atoms with Gasteiger partial charge >= 0.3 is 0 Å². The predicted octanol–water partition coefficient (Wildman–Crippen LogP) is 4.55. The second-order valence-electron chi connectivity index (χ2n) is 6.22. The molecule has 0 aliphatic heterocycles. The van der Waals surface area contributed by atoms with E-state index in [1.165, 1.54) is 4.90 Å². The summed E-state index contributed by atoms with van der Waals surface area (Å²) in [4.78, 5) is 27.7. The number of halogens is 2. The molecule has 28 heavy (non-hydrogen) atoms. The van der Waals surface area contributed by atoms with Gasteiger partial charge in [-0.25, -0.2) is 0 Å². The van der Waals surface area contributed by atoms with Crippen LogP contribution in [0.1, 0.15) is 23.0 Å². The quantitative estimate of drug-likeness (QED) is 0.554. The smallest absolute Gasteiger partial charge is 0.278 e. The van der Waals surface area contributed by atoms with Crippen LogP contribution < -0.4 is 5.43 Å². The van der Waals surface area contributed by atoms with Crippen LogP contribution in [0.3, 0.4) is 0 Å². The molecule has 0 atom stereocenters. The molecule has 0 saturated carbocycles. The van der Waals surface area contributed by atoms with Crippen LogP contribution in [0, 0.1) is 0 Å². The molecule has 3 rings (SSSR count). The molecule has 1 heterocycles. The van der Waals surface area contributed by atoms with Gasteiger partial charge in [0.1, 0.15) is 0 Å². The minimum absolute atomic E-state index is 0.148. The van der Waals surface area contributed by atoms with Crippen LogP contribution in [-0.4, -0.2) is 27.1 Å². The lowest BCUT2D eigenvalue weighted by Crippen LogP contribution is -2.36. The number of rotatable bonds is 6. The van der Waals surface area contributed by atoms with E-state index >= 15 is 0 Å². The number of aryl methyl sites for hydroxylation is 1. The van der Waals surface area contributed by atoms with E-state index in [0.29, 0.717) is 27.5 Å². The molecular formula is C21H19Cl2N3O2. The normalized spacial score (nSPS) is 10.8. The summed E-state index contributed by atoms with van der Waals surface area (Å²) in [5, 5.41) is 5.66. The van der Waals surface area contributed by atoms with Crippen LogP contribution in [0.15, 0.2) is 59.9 Å². The third-order valence-corrected chi connectivity index (χ3v) is 4.98. The van der Waals surface area contributed by atoms with Crippen molar-refractivity contribution in [3.63, 3.8) is 0 Å². The van der Waals surface area contributed by atoms with E-state index in [1.54, 1.807) is 35.0 Å². The van der Waals surface area contributed by atoms with Crippen molar-refractivity contribution >= 4 is 40.0 Å². The van der Waals surface area contributed by atoms with Crippen molar-refractivity contribution in [2.75, 3.05) is 6.54 Å². The van der Waals surface area contributed by atoms with Gasteiger partial charge in [-0.1, -0.05) is 47.5 Å². The molecule has 0 saturated heterocycles. The Balaban J connectivity index is 2.09. The summed E-state index contributed by atoms with van der Waals surface area (Å²) in [6.07, 6.45) is 1.60. The van der Waals surface area contributed by atoms with Gasteiger partial charge in [0, 0.05) is 29.7 Å². The molecule has 1 amide bonds. The molecule has 0 aliphatic rings. The van der Waals surface area contributed by atoms with E-state index < -0.39 is 11.3 Å². The van der Waals surface area contributed by atoms with Crippen molar-refractivity contribution in [1.29, 1.82) is 0 Å². The van der Waals surface area contributed by atoms with Crippen LogP contribution >= 0.6 is 23.2 Å². The Morgan fingerprint density at radius 1 is 1.25 bits per heavy atom. The number of hydrogen-bond acceptors (Lipinski definition) is 3. The molecular weight excluding hydrogens is 397 g/mol. The Bertz CT molecular complexity index is 1110. The predicted molar refractivity (Wildman–Crippen MR) is 113 cm³/mol. The minimum atomic E-state index is -0.478. The first kappa shape index (κ1) is 20.1. The summed E-state index contributed by atoms with van der Waals surface area (Å²) in [5.41, 5.74) is 0.819. The van der Waals surface area contributed by atoms with Crippen LogP contribution in [0.4, 0.5) is 0 Å². The lowest BCUT2D eigenvalue weighted by molar-refractivity contribution is 0.0753. The fraction of sp³-hybridized carbons (Fsp3) is 0.190. The van der Waals surface area contributed by atoms with E-state index in [-0.39, 0.29) is 18.8 Å². The van der Waals surface area contributed by atoms with E-state index in [1.807, 2.05) is 25.1 Å². The molecule has 0 fully saturated rings. The molecule has 0 aliphatic carbocycles. The molecule has 5 nitrogen and oxygen atoms in total. The zero-order valence-electron chi connectivity index (χ0n) is 15.4. The highest BCUT2D eigenvalue weighted by atomic mass is 35.5. The zero-order valence-corrected chi connectivity index (χ0v) is 16.9. The Hall–Kier alpha value is -2.63. The highest BCUT2D eigenvalue weighted by molar-refractivity contribution is 6.31. The highest BCUT2D eigenvalue weighted by Gasteiger charge is 2.23. The number of carbonyl (C=O) groups is 1. The molecule has 1 aromatic heterocycles. The van der Waals surface area contributed by atoms with Crippen molar-refractivity contribution in [2.45, 2.75) is 20.0 Å². The van der Waals surface area contributed by atoms with Crippen LogP contribution in [0.5, 0.6) is 0 Å². The average Bonchev–Trinajstić information content (AvgIpc) is 2.69.